The number of benzene rings is 1. The second-order valence-corrected chi connectivity index (χ2v) is 5.41. The average molecular weight is 296 g/mol. The van der Waals surface area contributed by atoms with E-state index in [2.05, 4.69) is 4.90 Å². The number of hydrogen-bond donors (Lipinski definition) is 0. The van der Waals surface area contributed by atoms with E-state index in [1.807, 2.05) is 14.1 Å². The van der Waals surface area contributed by atoms with E-state index in [0.717, 1.165) is 13.0 Å². The summed E-state index contributed by atoms with van der Waals surface area (Å²) >= 11 is 0. The van der Waals surface area contributed by atoms with Crippen LogP contribution in [0.4, 0.5) is 4.39 Å². The van der Waals surface area contributed by atoms with Crippen molar-refractivity contribution in [1.82, 2.24) is 9.80 Å². The maximum atomic E-state index is 13.3. The van der Waals surface area contributed by atoms with E-state index in [0.29, 0.717) is 30.8 Å². The van der Waals surface area contributed by atoms with Crippen LogP contribution in [0, 0.1) is 12.7 Å². The molecule has 0 N–H and O–H groups in total. The molecule has 0 atom stereocenters. The number of aryl methyl sites for hydroxylation is 1. The molecule has 1 amide bonds. The van der Waals surface area contributed by atoms with E-state index in [1.165, 1.54) is 12.1 Å². The molecule has 118 valence electrons. The van der Waals surface area contributed by atoms with Gasteiger partial charge in [0.15, 0.2) is 0 Å². The van der Waals surface area contributed by atoms with Gasteiger partial charge in [0.05, 0.1) is 6.61 Å². The number of nitrogens with zero attached hydrogens (tertiary/aromatic N) is 2. The lowest BCUT2D eigenvalue weighted by molar-refractivity contribution is 0.0689. The molecule has 0 radical (unpaired) electrons. The molecule has 1 rings (SSSR count). The molecule has 0 unspecified atom stereocenters. The normalized spacial score (nSPS) is 11.0. The summed E-state index contributed by atoms with van der Waals surface area (Å²) in [4.78, 5) is 16.4. The third-order valence-corrected chi connectivity index (χ3v) is 3.29. The van der Waals surface area contributed by atoms with Crippen molar-refractivity contribution in [2.24, 2.45) is 0 Å². The summed E-state index contributed by atoms with van der Waals surface area (Å²) < 4.78 is 18.4. The number of carbonyl (C=O) groups excluding carboxylic acids is 1. The zero-order valence-corrected chi connectivity index (χ0v) is 13.4. The van der Waals surface area contributed by atoms with Crippen LogP contribution in [0.3, 0.4) is 0 Å². The fourth-order valence-corrected chi connectivity index (χ4v) is 2.05. The second-order valence-electron chi connectivity index (χ2n) is 5.41. The molecular formula is C16H25FN2O2. The summed E-state index contributed by atoms with van der Waals surface area (Å²) in [5.74, 6) is -0.364. The average Bonchev–Trinajstić information content (AvgIpc) is 2.44. The Balaban J connectivity index is 2.75. The van der Waals surface area contributed by atoms with Gasteiger partial charge in [-0.1, -0.05) is 0 Å². The van der Waals surface area contributed by atoms with Gasteiger partial charge < -0.3 is 14.5 Å². The van der Waals surface area contributed by atoms with Crippen LogP contribution in [-0.2, 0) is 4.74 Å². The van der Waals surface area contributed by atoms with E-state index < -0.39 is 0 Å². The molecular weight excluding hydrogens is 271 g/mol. The quantitative estimate of drug-likeness (QED) is 0.737. The van der Waals surface area contributed by atoms with Gasteiger partial charge in [-0.3, -0.25) is 4.79 Å². The van der Waals surface area contributed by atoms with Crippen LogP contribution in [0.5, 0.6) is 0 Å². The standard InChI is InChI=1S/C16H25FN2O2/c1-13-12-14(6-7-15(13)17)16(20)19(10-11-21-4)9-5-8-18(2)3/h6-7,12H,5,8-11H2,1-4H3. The monoisotopic (exact) mass is 296 g/mol. The molecule has 0 bridgehead atoms. The highest BCUT2D eigenvalue weighted by Gasteiger charge is 2.16. The Morgan fingerprint density at radius 3 is 2.52 bits per heavy atom. The predicted octanol–water partition coefficient (Wildman–Crippen LogP) is 2.17. The third kappa shape index (κ3) is 5.81. The predicted molar refractivity (Wildman–Crippen MR) is 82.1 cm³/mol. The van der Waals surface area contributed by atoms with Crippen molar-refractivity contribution in [2.75, 3.05) is 47.4 Å². The maximum absolute atomic E-state index is 13.3. The minimum absolute atomic E-state index is 0.0751. The van der Waals surface area contributed by atoms with Gasteiger partial charge in [-0.2, -0.15) is 0 Å². The second kappa shape index (κ2) is 8.74. The Morgan fingerprint density at radius 1 is 1.24 bits per heavy atom. The van der Waals surface area contributed by atoms with Crippen LogP contribution in [0.15, 0.2) is 18.2 Å². The van der Waals surface area contributed by atoms with Gasteiger partial charge in [-0.05, 0) is 57.7 Å². The van der Waals surface area contributed by atoms with Gasteiger partial charge in [0.1, 0.15) is 5.82 Å². The Labute approximate surface area is 126 Å². The zero-order valence-electron chi connectivity index (χ0n) is 13.4. The summed E-state index contributed by atoms with van der Waals surface area (Å²) in [5.41, 5.74) is 1.01. The van der Waals surface area contributed by atoms with Gasteiger partial charge in [0, 0.05) is 25.8 Å². The Hall–Kier alpha value is -1.46. The van der Waals surface area contributed by atoms with Gasteiger partial charge in [0.25, 0.3) is 5.91 Å². The first-order valence-corrected chi connectivity index (χ1v) is 7.14. The van der Waals surface area contributed by atoms with Crippen LogP contribution in [0.2, 0.25) is 0 Å². The van der Waals surface area contributed by atoms with Crippen molar-refractivity contribution in [2.45, 2.75) is 13.3 Å². The van der Waals surface area contributed by atoms with Crippen LogP contribution in [-0.4, -0.2) is 63.2 Å². The molecule has 0 spiro atoms. The smallest absolute Gasteiger partial charge is 0.253 e. The van der Waals surface area contributed by atoms with E-state index in [1.54, 1.807) is 25.0 Å². The highest BCUT2D eigenvalue weighted by molar-refractivity contribution is 5.94. The van der Waals surface area contributed by atoms with Gasteiger partial charge in [-0.15, -0.1) is 0 Å². The highest BCUT2D eigenvalue weighted by atomic mass is 19.1. The minimum atomic E-state index is -0.289. The molecule has 0 fully saturated rings. The fourth-order valence-electron chi connectivity index (χ4n) is 2.05. The number of hydrogen-bond acceptors (Lipinski definition) is 3. The molecule has 0 aromatic heterocycles. The molecule has 21 heavy (non-hydrogen) atoms. The van der Waals surface area contributed by atoms with E-state index >= 15 is 0 Å². The third-order valence-electron chi connectivity index (χ3n) is 3.29. The Morgan fingerprint density at radius 2 is 1.95 bits per heavy atom. The summed E-state index contributed by atoms with van der Waals surface area (Å²) in [7, 11) is 5.62. The van der Waals surface area contributed by atoms with Crippen molar-refractivity contribution in [3.05, 3.63) is 35.1 Å². The molecule has 0 saturated carbocycles. The summed E-state index contributed by atoms with van der Waals surface area (Å²) in [6.45, 7) is 4.28. The first-order chi connectivity index (χ1) is 9.95. The molecule has 0 heterocycles. The van der Waals surface area contributed by atoms with Gasteiger partial charge in [0.2, 0.25) is 0 Å². The van der Waals surface area contributed by atoms with Crippen molar-refractivity contribution in [3.8, 4) is 0 Å². The van der Waals surface area contributed by atoms with Gasteiger partial charge in [-0.25, -0.2) is 4.39 Å². The van der Waals surface area contributed by atoms with E-state index in [9.17, 15) is 9.18 Å². The van der Waals surface area contributed by atoms with Crippen molar-refractivity contribution < 1.29 is 13.9 Å². The highest BCUT2D eigenvalue weighted by Crippen LogP contribution is 2.12. The topological polar surface area (TPSA) is 32.8 Å². The SMILES string of the molecule is COCCN(CCCN(C)C)C(=O)c1ccc(F)c(C)c1. The van der Waals surface area contributed by atoms with Crippen LogP contribution < -0.4 is 0 Å². The summed E-state index contributed by atoms with van der Waals surface area (Å²) in [6, 6.07) is 4.48. The van der Waals surface area contributed by atoms with Crippen LogP contribution in [0.1, 0.15) is 22.3 Å². The van der Waals surface area contributed by atoms with Crippen molar-refractivity contribution in [1.29, 1.82) is 0 Å². The zero-order chi connectivity index (χ0) is 15.8. The molecule has 1 aromatic rings. The van der Waals surface area contributed by atoms with E-state index in [4.69, 9.17) is 4.74 Å². The molecule has 0 aliphatic heterocycles. The molecule has 0 saturated heterocycles. The maximum Gasteiger partial charge on any atom is 0.253 e. The number of rotatable bonds is 8. The number of methoxy groups -OCH3 is 1. The first kappa shape index (κ1) is 17.6. The largest absolute Gasteiger partial charge is 0.383 e. The van der Waals surface area contributed by atoms with Crippen LogP contribution in [0.25, 0.3) is 0 Å². The van der Waals surface area contributed by atoms with E-state index in [-0.39, 0.29) is 11.7 Å². The Kier molecular flexibility index (Phi) is 7.32. The number of amides is 1. The molecule has 5 heteroatoms. The van der Waals surface area contributed by atoms with Gasteiger partial charge >= 0.3 is 0 Å². The van der Waals surface area contributed by atoms with Crippen molar-refractivity contribution in [3.63, 3.8) is 0 Å². The number of carbonyl (C=O) groups is 1. The van der Waals surface area contributed by atoms with Crippen LogP contribution >= 0.6 is 0 Å². The summed E-state index contributed by atoms with van der Waals surface area (Å²) in [6.07, 6.45) is 0.891. The lowest BCUT2D eigenvalue weighted by Gasteiger charge is -2.23. The summed E-state index contributed by atoms with van der Waals surface area (Å²) in [5, 5.41) is 0. The molecule has 0 aliphatic carbocycles. The minimum Gasteiger partial charge on any atom is -0.383 e. The lowest BCUT2D eigenvalue weighted by Crippen LogP contribution is -2.36. The number of halogens is 1. The van der Waals surface area contributed by atoms with Crippen molar-refractivity contribution >= 4 is 5.91 Å². The first-order valence-electron chi connectivity index (χ1n) is 7.14. The lowest BCUT2D eigenvalue weighted by atomic mass is 10.1. The molecule has 4 nitrogen and oxygen atoms in total. The molecule has 0 aliphatic rings. The Bertz CT molecular complexity index is 464. The molecule has 1 aromatic carbocycles. The fraction of sp³-hybridized carbons (Fsp3) is 0.562. The number of ether oxygens (including phenoxy) is 1.